The van der Waals surface area contributed by atoms with E-state index >= 15 is 0 Å². The molecule has 134 valence electrons. The molecule has 0 saturated carbocycles. The van der Waals surface area contributed by atoms with Crippen LogP contribution in [0.1, 0.15) is 0 Å². The summed E-state index contributed by atoms with van der Waals surface area (Å²) >= 11 is 0. The molecule has 5 heteroatoms. The van der Waals surface area contributed by atoms with Crippen molar-refractivity contribution in [3.63, 3.8) is 0 Å². The molecule has 0 aliphatic carbocycles. The van der Waals surface area contributed by atoms with E-state index in [0.717, 1.165) is 22.7 Å². The van der Waals surface area contributed by atoms with Gasteiger partial charge >= 0.3 is 0 Å². The van der Waals surface area contributed by atoms with Crippen LogP contribution in [-0.2, 0) is 0 Å². The molecule has 4 aromatic rings. The summed E-state index contributed by atoms with van der Waals surface area (Å²) in [5, 5.41) is 8.57. The Bertz CT molecular complexity index is 1040. The number of benzene rings is 3. The van der Waals surface area contributed by atoms with Crippen LogP contribution in [0.25, 0.3) is 28.1 Å². The lowest BCUT2D eigenvalue weighted by Crippen LogP contribution is -1.99. The Morgan fingerprint density at radius 1 is 0.741 bits per heavy atom. The van der Waals surface area contributed by atoms with Gasteiger partial charge in [-0.15, -0.1) is 5.10 Å². The second-order valence-electron chi connectivity index (χ2n) is 6.03. The molecule has 0 N–H and O–H groups in total. The zero-order chi connectivity index (χ0) is 18.6. The highest BCUT2D eigenvalue weighted by Crippen LogP contribution is 2.29. The molecule has 27 heavy (non-hydrogen) atoms. The summed E-state index contributed by atoms with van der Waals surface area (Å²) in [5.74, 6) is 1.43. The molecule has 0 saturated heterocycles. The van der Waals surface area contributed by atoms with E-state index in [1.807, 2.05) is 42.6 Å². The quantitative estimate of drug-likeness (QED) is 0.523. The fourth-order valence-corrected chi connectivity index (χ4v) is 2.95. The Labute approximate surface area is 157 Å². The molecule has 0 unspecified atom stereocenters. The highest BCUT2D eigenvalue weighted by molar-refractivity contribution is 5.68. The van der Waals surface area contributed by atoms with Crippen LogP contribution in [0, 0.1) is 0 Å². The van der Waals surface area contributed by atoms with Gasteiger partial charge in [0.25, 0.3) is 0 Å². The van der Waals surface area contributed by atoms with Gasteiger partial charge < -0.3 is 9.47 Å². The highest BCUT2D eigenvalue weighted by Gasteiger charge is 2.11. The Morgan fingerprint density at radius 3 is 2.15 bits per heavy atom. The van der Waals surface area contributed by atoms with E-state index < -0.39 is 0 Å². The van der Waals surface area contributed by atoms with Gasteiger partial charge in [-0.05, 0) is 23.3 Å². The molecule has 0 bridgehead atoms. The standard InChI is InChI=1S/C22H19N3O2/c1-26-19-12-13-22(27-2)21(14-19)25-15-20(23-24-25)18-10-8-17(9-11-18)16-6-4-3-5-7-16/h3-15H,1-2H3. The van der Waals surface area contributed by atoms with Crippen LogP contribution in [0.15, 0.2) is 79.0 Å². The number of ether oxygens (including phenoxy) is 2. The van der Waals surface area contributed by atoms with Gasteiger partial charge in [-0.1, -0.05) is 59.8 Å². The molecule has 3 aromatic carbocycles. The first-order chi connectivity index (χ1) is 13.3. The van der Waals surface area contributed by atoms with E-state index in [9.17, 15) is 0 Å². The first kappa shape index (κ1) is 16.8. The van der Waals surface area contributed by atoms with Gasteiger partial charge in [0, 0.05) is 11.6 Å². The van der Waals surface area contributed by atoms with Crippen molar-refractivity contribution in [2.75, 3.05) is 14.2 Å². The van der Waals surface area contributed by atoms with E-state index in [4.69, 9.17) is 9.47 Å². The maximum absolute atomic E-state index is 5.43. The Balaban J connectivity index is 1.65. The Hall–Kier alpha value is -3.60. The molecule has 1 aromatic heterocycles. The van der Waals surface area contributed by atoms with E-state index in [1.54, 1.807) is 18.9 Å². The lowest BCUT2D eigenvalue weighted by atomic mass is 10.0. The molecular formula is C22H19N3O2. The summed E-state index contributed by atoms with van der Waals surface area (Å²) < 4.78 is 12.4. The van der Waals surface area contributed by atoms with Gasteiger partial charge in [0.1, 0.15) is 22.9 Å². The van der Waals surface area contributed by atoms with Crippen molar-refractivity contribution >= 4 is 0 Å². The zero-order valence-electron chi connectivity index (χ0n) is 15.2. The highest BCUT2D eigenvalue weighted by atomic mass is 16.5. The summed E-state index contributed by atoms with van der Waals surface area (Å²) in [4.78, 5) is 0. The lowest BCUT2D eigenvalue weighted by Gasteiger charge is -2.09. The summed E-state index contributed by atoms with van der Waals surface area (Å²) in [5.41, 5.74) is 4.92. The maximum atomic E-state index is 5.43. The molecule has 0 atom stereocenters. The largest absolute Gasteiger partial charge is 0.497 e. The third-order valence-electron chi connectivity index (χ3n) is 4.41. The van der Waals surface area contributed by atoms with Crippen LogP contribution < -0.4 is 9.47 Å². The number of nitrogens with zero attached hydrogens (tertiary/aromatic N) is 3. The summed E-state index contributed by atoms with van der Waals surface area (Å²) in [6.45, 7) is 0. The van der Waals surface area contributed by atoms with Gasteiger partial charge in [-0.25, -0.2) is 4.68 Å². The fourth-order valence-electron chi connectivity index (χ4n) is 2.95. The van der Waals surface area contributed by atoms with Crippen molar-refractivity contribution in [3.05, 3.63) is 79.0 Å². The summed E-state index contributed by atoms with van der Waals surface area (Å²) in [6, 6.07) is 24.2. The fraction of sp³-hybridized carbons (Fsp3) is 0.0909. The first-order valence-electron chi connectivity index (χ1n) is 8.59. The predicted molar refractivity (Wildman–Crippen MR) is 105 cm³/mol. The van der Waals surface area contributed by atoms with Gasteiger partial charge in [0.2, 0.25) is 0 Å². The molecule has 0 aliphatic heterocycles. The number of rotatable bonds is 5. The topological polar surface area (TPSA) is 49.2 Å². The van der Waals surface area contributed by atoms with Crippen molar-refractivity contribution in [1.82, 2.24) is 15.0 Å². The monoisotopic (exact) mass is 357 g/mol. The number of hydrogen-bond donors (Lipinski definition) is 0. The molecule has 0 amide bonds. The van der Waals surface area contributed by atoms with Crippen LogP contribution in [0.2, 0.25) is 0 Å². The minimum absolute atomic E-state index is 0.701. The normalized spacial score (nSPS) is 10.6. The maximum Gasteiger partial charge on any atom is 0.144 e. The molecule has 1 heterocycles. The lowest BCUT2D eigenvalue weighted by molar-refractivity contribution is 0.400. The third-order valence-corrected chi connectivity index (χ3v) is 4.41. The van der Waals surface area contributed by atoms with Crippen LogP contribution in [0.4, 0.5) is 0 Å². The smallest absolute Gasteiger partial charge is 0.144 e. The van der Waals surface area contributed by atoms with E-state index in [-0.39, 0.29) is 0 Å². The number of methoxy groups -OCH3 is 2. The Morgan fingerprint density at radius 2 is 1.44 bits per heavy atom. The first-order valence-corrected chi connectivity index (χ1v) is 8.59. The molecule has 0 radical (unpaired) electrons. The minimum Gasteiger partial charge on any atom is -0.497 e. The zero-order valence-corrected chi connectivity index (χ0v) is 15.2. The molecule has 0 spiro atoms. The van der Waals surface area contributed by atoms with Gasteiger partial charge in [0.15, 0.2) is 0 Å². The minimum atomic E-state index is 0.701. The van der Waals surface area contributed by atoms with E-state index in [0.29, 0.717) is 5.75 Å². The third kappa shape index (κ3) is 3.40. The Kier molecular flexibility index (Phi) is 4.58. The summed E-state index contributed by atoms with van der Waals surface area (Å²) in [6.07, 6.45) is 1.88. The van der Waals surface area contributed by atoms with Crippen LogP contribution in [0.5, 0.6) is 11.5 Å². The van der Waals surface area contributed by atoms with Crippen molar-refractivity contribution < 1.29 is 9.47 Å². The molecule has 0 aliphatic rings. The average Bonchev–Trinajstić information content (AvgIpc) is 3.24. The van der Waals surface area contributed by atoms with Crippen molar-refractivity contribution in [2.24, 2.45) is 0 Å². The number of hydrogen-bond acceptors (Lipinski definition) is 4. The SMILES string of the molecule is COc1ccc(OC)c(-n2cc(-c3ccc(-c4ccccc4)cc3)nn2)c1. The molecular weight excluding hydrogens is 338 g/mol. The van der Waals surface area contributed by atoms with Crippen LogP contribution in [-0.4, -0.2) is 29.2 Å². The average molecular weight is 357 g/mol. The second-order valence-corrected chi connectivity index (χ2v) is 6.03. The molecule has 4 rings (SSSR count). The van der Waals surface area contributed by atoms with E-state index in [1.165, 1.54) is 11.1 Å². The number of aromatic nitrogens is 3. The van der Waals surface area contributed by atoms with Crippen LogP contribution >= 0.6 is 0 Å². The molecule has 0 fully saturated rings. The predicted octanol–water partition coefficient (Wildman–Crippen LogP) is 4.62. The second kappa shape index (κ2) is 7.33. The van der Waals surface area contributed by atoms with Crippen molar-refractivity contribution in [1.29, 1.82) is 0 Å². The van der Waals surface area contributed by atoms with Gasteiger partial charge in [-0.3, -0.25) is 0 Å². The van der Waals surface area contributed by atoms with E-state index in [2.05, 4.69) is 46.7 Å². The van der Waals surface area contributed by atoms with Gasteiger partial charge in [-0.2, -0.15) is 0 Å². The van der Waals surface area contributed by atoms with Crippen molar-refractivity contribution in [2.45, 2.75) is 0 Å². The molecule has 5 nitrogen and oxygen atoms in total. The van der Waals surface area contributed by atoms with Gasteiger partial charge in [0.05, 0.1) is 20.4 Å². The summed E-state index contributed by atoms with van der Waals surface area (Å²) in [7, 11) is 3.26. The van der Waals surface area contributed by atoms with Crippen molar-refractivity contribution in [3.8, 4) is 39.6 Å². The van der Waals surface area contributed by atoms with Crippen LogP contribution in [0.3, 0.4) is 0 Å².